The second-order valence-electron chi connectivity index (χ2n) is 4.39. The normalized spacial score (nSPS) is 12.2. The summed E-state index contributed by atoms with van der Waals surface area (Å²) in [5.74, 6) is 0.805. The van der Waals surface area contributed by atoms with E-state index in [2.05, 4.69) is 0 Å². The van der Waals surface area contributed by atoms with Crippen LogP contribution in [0.15, 0.2) is 47.4 Å². The fourth-order valence-electron chi connectivity index (χ4n) is 1.98. The van der Waals surface area contributed by atoms with Crippen molar-refractivity contribution in [1.29, 1.82) is 0 Å². The van der Waals surface area contributed by atoms with Gasteiger partial charge in [-0.05, 0) is 42.7 Å². The van der Waals surface area contributed by atoms with Gasteiger partial charge < -0.3 is 9.29 Å². The van der Waals surface area contributed by atoms with E-state index >= 15 is 0 Å². The first-order valence-corrected chi connectivity index (χ1v) is 7.04. The molecule has 19 heavy (non-hydrogen) atoms. The molecule has 0 bridgehead atoms. The molecule has 2 aromatic rings. The molecule has 0 saturated heterocycles. The second kappa shape index (κ2) is 5.99. The molecule has 0 aliphatic heterocycles. The van der Waals surface area contributed by atoms with Gasteiger partial charge in [0.05, 0.1) is 12.0 Å². The number of ether oxygens (including phenoxy) is 1. The molecule has 0 fully saturated rings. The zero-order valence-electron chi connectivity index (χ0n) is 10.9. The highest BCUT2D eigenvalue weighted by molar-refractivity contribution is 7.79. The van der Waals surface area contributed by atoms with Crippen molar-refractivity contribution >= 4 is 11.1 Å². The number of hydrogen-bond donors (Lipinski definition) is 1. The number of benzene rings is 2. The third-order valence-corrected chi connectivity index (χ3v) is 3.73. The van der Waals surface area contributed by atoms with E-state index in [1.165, 1.54) is 0 Å². The van der Waals surface area contributed by atoms with Crippen LogP contribution in [0.25, 0.3) is 0 Å². The van der Waals surface area contributed by atoms with Crippen LogP contribution in [-0.4, -0.2) is 15.9 Å². The Morgan fingerprint density at radius 3 is 2.42 bits per heavy atom. The van der Waals surface area contributed by atoms with Crippen molar-refractivity contribution in [3.05, 3.63) is 59.2 Å². The van der Waals surface area contributed by atoms with Gasteiger partial charge in [0.25, 0.3) is 0 Å². The lowest BCUT2D eigenvalue weighted by atomic mass is 10.0. The van der Waals surface area contributed by atoms with E-state index in [1.54, 1.807) is 13.2 Å². The molecule has 0 amide bonds. The zero-order chi connectivity index (χ0) is 13.8. The Bertz CT molecular complexity index is 591. The molecule has 0 aromatic heterocycles. The minimum Gasteiger partial charge on any atom is -0.497 e. The van der Waals surface area contributed by atoms with Crippen LogP contribution in [0, 0.1) is 6.92 Å². The Morgan fingerprint density at radius 1 is 1.16 bits per heavy atom. The van der Waals surface area contributed by atoms with E-state index in [-0.39, 0.29) is 0 Å². The smallest absolute Gasteiger partial charge is 0.186 e. The molecule has 2 aromatic carbocycles. The molecule has 0 saturated carbocycles. The molecule has 2 rings (SSSR count). The number of rotatable bonds is 4. The van der Waals surface area contributed by atoms with E-state index in [0.717, 1.165) is 22.4 Å². The van der Waals surface area contributed by atoms with Crippen LogP contribution in [-0.2, 0) is 17.5 Å². The minimum atomic E-state index is -1.95. The number of methoxy groups -OCH3 is 1. The zero-order valence-corrected chi connectivity index (χ0v) is 11.7. The first-order valence-electron chi connectivity index (χ1n) is 5.93. The quantitative estimate of drug-likeness (QED) is 0.872. The molecule has 0 spiro atoms. The van der Waals surface area contributed by atoms with Gasteiger partial charge >= 0.3 is 0 Å². The number of hydrogen-bond acceptors (Lipinski definition) is 2. The summed E-state index contributed by atoms with van der Waals surface area (Å²) in [6.07, 6.45) is 0.632. The molecule has 0 aliphatic carbocycles. The topological polar surface area (TPSA) is 46.5 Å². The summed E-state index contributed by atoms with van der Waals surface area (Å²) in [5.41, 5.74) is 3.04. The summed E-state index contributed by atoms with van der Waals surface area (Å²) in [7, 11) is 1.63. The first kappa shape index (κ1) is 13.8. The molecule has 1 N–H and O–H groups in total. The lowest BCUT2D eigenvalue weighted by molar-refractivity contribution is 0.414. The Hall–Kier alpha value is -1.65. The summed E-state index contributed by atoms with van der Waals surface area (Å²) in [5, 5.41) is 0. The van der Waals surface area contributed by atoms with E-state index in [9.17, 15) is 8.76 Å². The highest BCUT2D eigenvalue weighted by Gasteiger charge is 2.09. The number of aryl methyl sites for hydroxylation is 1. The maximum atomic E-state index is 11.3. The third-order valence-electron chi connectivity index (χ3n) is 2.96. The van der Waals surface area contributed by atoms with Crippen molar-refractivity contribution in [3.63, 3.8) is 0 Å². The molecular weight excluding hydrogens is 260 g/mol. The Kier molecular flexibility index (Phi) is 4.35. The van der Waals surface area contributed by atoms with E-state index in [4.69, 9.17) is 4.74 Å². The molecule has 1 unspecified atom stereocenters. The van der Waals surface area contributed by atoms with Crippen molar-refractivity contribution in [3.8, 4) is 5.75 Å². The van der Waals surface area contributed by atoms with Crippen LogP contribution in [0.1, 0.15) is 16.7 Å². The van der Waals surface area contributed by atoms with Gasteiger partial charge in [0.2, 0.25) is 0 Å². The lowest BCUT2D eigenvalue weighted by Crippen LogP contribution is -1.98. The van der Waals surface area contributed by atoms with Crippen LogP contribution >= 0.6 is 0 Å². The van der Waals surface area contributed by atoms with E-state index in [1.807, 2.05) is 43.3 Å². The van der Waals surface area contributed by atoms with Crippen LogP contribution in [0.4, 0.5) is 0 Å². The predicted molar refractivity (Wildman–Crippen MR) is 76.0 cm³/mol. The summed E-state index contributed by atoms with van der Waals surface area (Å²) < 4.78 is 25.7. The first-order chi connectivity index (χ1) is 9.10. The van der Waals surface area contributed by atoms with Gasteiger partial charge in [-0.2, -0.15) is 0 Å². The molecule has 0 heterocycles. The third kappa shape index (κ3) is 3.43. The van der Waals surface area contributed by atoms with Crippen LogP contribution < -0.4 is 4.74 Å². The highest BCUT2D eigenvalue weighted by Crippen LogP contribution is 2.20. The van der Waals surface area contributed by atoms with Gasteiger partial charge in [-0.25, -0.2) is 4.21 Å². The summed E-state index contributed by atoms with van der Waals surface area (Å²) in [4.78, 5) is 0.474. The maximum absolute atomic E-state index is 11.3. The Labute approximate surface area is 115 Å². The molecular formula is C15H16O3S. The standard InChI is InChI=1S/C15H16O3S/c1-11-3-8-15(19(16)17)13(9-11)10-12-4-6-14(18-2)7-5-12/h3-9H,10H2,1-2H3,(H,16,17). The Morgan fingerprint density at radius 2 is 1.84 bits per heavy atom. The molecule has 3 nitrogen and oxygen atoms in total. The van der Waals surface area contributed by atoms with Crippen LogP contribution in [0.3, 0.4) is 0 Å². The van der Waals surface area contributed by atoms with Gasteiger partial charge in [-0.1, -0.05) is 29.8 Å². The fourth-order valence-corrected chi connectivity index (χ4v) is 2.52. The van der Waals surface area contributed by atoms with Gasteiger partial charge in [0.1, 0.15) is 5.75 Å². The van der Waals surface area contributed by atoms with Crippen LogP contribution in [0.5, 0.6) is 5.75 Å². The van der Waals surface area contributed by atoms with Crippen LogP contribution in [0.2, 0.25) is 0 Å². The monoisotopic (exact) mass is 276 g/mol. The highest BCUT2D eigenvalue weighted by atomic mass is 32.2. The Balaban J connectivity index is 2.31. The van der Waals surface area contributed by atoms with Gasteiger partial charge in [0, 0.05) is 0 Å². The van der Waals surface area contributed by atoms with Crippen molar-refractivity contribution in [2.45, 2.75) is 18.2 Å². The van der Waals surface area contributed by atoms with Crippen molar-refractivity contribution in [2.24, 2.45) is 0 Å². The minimum absolute atomic E-state index is 0.474. The molecule has 4 heteroatoms. The maximum Gasteiger partial charge on any atom is 0.186 e. The lowest BCUT2D eigenvalue weighted by Gasteiger charge is -2.08. The molecule has 0 radical (unpaired) electrons. The average Bonchev–Trinajstić information content (AvgIpc) is 2.39. The molecule has 100 valence electrons. The van der Waals surface area contributed by atoms with E-state index in [0.29, 0.717) is 11.3 Å². The van der Waals surface area contributed by atoms with Crippen molar-refractivity contribution < 1.29 is 13.5 Å². The SMILES string of the molecule is COc1ccc(Cc2cc(C)ccc2S(=O)O)cc1. The van der Waals surface area contributed by atoms with Crippen molar-refractivity contribution in [1.82, 2.24) is 0 Å². The second-order valence-corrected chi connectivity index (χ2v) is 5.32. The summed E-state index contributed by atoms with van der Waals surface area (Å²) in [6.45, 7) is 1.97. The molecule has 0 aliphatic rings. The molecule has 1 atom stereocenters. The van der Waals surface area contributed by atoms with Gasteiger partial charge in [-0.15, -0.1) is 0 Å². The largest absolute Gasteiger partial charge is 0.497 e. The predicted octanol–water partition coefficient (Wildman–Crippen LogP) is 3.18. The average molecular weight is 276 g/mol. The summed E-state index contributed by atoms with van der Waals surface area (Å²) >= 11 is -1.95. The van der Waals surface area contributed by atoms with Crippen molar-refractivity contribution in [2.75, 3.05) is 7.11 Å². The van der Waals surface area contributed by atoms with E-state index < -0.39 is 11.1 Å². The fraction of sp³-hybridized carbons (Fsp3) is 0.200. The van der Waals surface area contributed by atoms with Gasteiger partial charge in [-0.3, -0.25) is 0 Å². The summed E-state index contributed by atoms with van der Waals surface area (Å²) in [6, 6.07) is 13.2. The van der Waals surface area contributed by atoms with Gasteiger partial charge in [0.15, 0.2) is 11.1 Å².